The van der Waals surface area contributed by atoms with Crippen molar-refractivity contribution in [3.8, 4) is 11.5 Å². The molecule has 2 rings (SSSR count). The minimum absolute atomic E-state index is 0.161. The van der Waals surface area contributed by atoms with E-state index in [2.05, 4.69) is 5.32 Å². The second-order valence-electron chi connectivity index (χ2n) is 6.27. The fourth-order valence-electron chi connectivity index (χ4n) is 2.95. The summed E-state index contributed by atoms with van der Waals surface area (Å²) in [4.78, 5) is 27.1. The van der Waals surface area contributed by atoms with E-state index >= 15 is 0 Å². The van der Waals surface area contributed by atoms with Crippen LogP contribution in [0.2, 0.25) is 0 Å². The number of hydrogen-bond acceptors (Lipinski definition) is 4. The quantitative estimate of drug-likeness (QED) is 0.684. The van der Waals surface area contributed by atoms with Crippen molar-refractivity contribution in [2.24, 2.45) is 0 Å². The fraction of sp³-hybridized carbons (Fsp3) is 0.364. The maximum Gasteiger partial charge on any atom is 0.261 e. The van der Waals surface area contributed by atoms with Crippen molar-refractivity contribution in [1.29, 1.82) is 0 Å². The number of benzene rings is 2. The van der Waals surface area contributed by atoms with Crippen LogP contribution in [0.25, 0.3) is 0 Å². The molecule has 0 saturated heterocycles. The van der Waals surface area contributed by atoms with E-state index in [1.807, 2.05) is 56.3 Å². The van der Waals surface area contributed by atoms with Gasteiger partial charge in [-0.2, -0.15) is 0 Å². The molecule has 0 fully saturated rings. The highest BCUT2D eigenvalue weighted by atomic mass is 16.5. The highest BCUT2D eigenvalue weighted by Gasteiger charge is 2.28. The molecule has 1 N–H and O–H groups in total. The summed E-state index contributed by atoms with van der Waals surface area (Å²) >= 11 is 0. The molecule has 6 nitrogen and oxygen atoms in total. The molecule has 2 aromatic rings. The molecular weight excluding hydrogens is 356 g/mol. The van der Waals surface area contributed by atoms with Crippen LogP contribution in [0.15, 0.2) is 54.6 Å². The SMILES string of the molecule is CCNC(=O)[C@@H](CC)N(Cc1ccccc1)C(=O)COc1ccccc1OC. The maximum atomic E-state index is 13.0. The molecule has 28 heavy (non-hydrogen) atoms. The predicted molar refractivity (Wildman–Crippen MR) is 108 cm³/mol. The summed E-state index contributed by atoms with van der Waals surface area (Å²) in [6.07, 6.45) is 0.513. The van der Waals surface area contributed by atoms with Crippen LogP contribution in [0, 0.1) is 0 Å². The summed E-state index contributed by atoms with van der Waals surface area (Å²) in [6.45, 7) is 4.43. The number of nitrogens with one attached hydrogen (secondary N) is 1. The number of ether oxygens (including phenoxy) is 2. The van der Waals surface area contributed by atoms with Crippen molar-refractivity contribution in [3.63, 3.8) is 0 Å². The van der Waals surface area contributed by atoms with Gasteiger partial charge in [0, 0.05) is 13.1 Å². The lowest BCUT2D eigenvalue weighted by molar-refractivity contribution is -0.142. The zero-order chi connectivity index (χ0) is 20.4. The molecule has 0 spiro atoms. The zero-order valence-corrected chi connectivity index (χ0v) is 16.7. The van der Waals surface area contributed by atoms with Gasteiger partial charge in [0.2, 0.25) is 5.91 Å². The van der Waals surface area contributed by atoms with Crippen molar-refractivity contribution in [2.75, 3.05) is 20.3 Å². The predicted octanol–water partition coefficient (Wildman–Crippen LogP) is 3.02. The van der Waals surface area contributed by atoms with Gasteiger partial charge in [0.1, 0.15) is 6.04 Å². The van der Waals surface area contributed by atoms with E-state index in [0.29, 0.717) is 31.0 Å². The molecule has 0 aliphatic rings. The summed E-state index contributed by atoms with van der Waals surface area (Å²) in [5.41, 5.74) is 0.955. The second kappa shape index (κ2) is 11.0. The summed E-state index contributed by atoms with van der Waals surface area (Å²) in [5.74, 6) is 0.629. The molecule has 0 radical (unpaired) electrons. The minimum atomic E-state index is -0.561. The van der Waals surface area contributed by atoms with Crippen molar-refractivity contribution in [3.05, 3.63) is 60.2 Å². The summed E-state index contributed by atoms with van der Waals surface area (Å²) < 4.78 is 11.0. The van der Waals surface area contributed by atoms with Crippen LogP contribution < -0.4 is 14.8 Å². The van der Waals surface area contributed by atoms with Gasteiger partial charge in [0.05, 0.1) is 7.11 Å². The molecule has 150 valence electrons. The molecule has 0 aromatic heterocycles. The van der Waals surface area contributed by atoms with Crippen molar-refractivity contribution in [1.82, 2.24) is 10.2 Å². The molecule has 0 unspecified atom stereocenters. The van der Waals surface area contributed by atoms with Gasteiger partial charge >= 0.3 is 0 Å². The van der Waals surface area contributed by atoms with Crippen LogP contribution in [0.1, 0.15) is 25.8 Å². The van der Waals surface area contributed by atoms with Gasteiger partial charge in [-0.1, -0.05) is 49.4 Å². The number of rotatable bonds is 10. The lowest BCUT2D eigenvalue weighted by Crippen LogP contribution is -2.50. The molecule has 2 aromatic carbocycles. The van der Waals surface area contributed by atoms with Crippen molar-refractivity contribution in [2.45, 2.75) is 32.9 Å². The first-order valence-corrected chi connectivity index (χ1v) is 9.47. The van der Waals surface area contributed by atoms with Gasteiger partial charge in [0.25, 0.3) is 5.91 Å². The molecule has 0 bridgehead atoms. The molecule has 1 atom stereocenters. The molecule has 0 heterocycles. The third kappa shape index (κ3) is 5.74. The standard InChI is InChI=1S/C22H28N2O4/c1-4-18(22(26)23-5-2)24(15-17-11-7-6-8-12-17)21(25)16-28-20-14-10-9-13-19(20)27-3/h6-14,18H,4-5,15-16H2,1-3H3,(H,23,26)/t18-/m1/s1. The van der Waals surface area contributed by atoms with Crippen LogP contribution in [-0.4, -0.2) is 43.0 Å². The van der Waals surface area contributed by atoms with E-state index in [9.17, 15) is 9.59 Å². The topological polar surface area (TPSA) is 67.9 Å². The minimum Gasteiger partial charge on any atom is -0.493 e. The second-order valence-corrected chi connectivity index (χ2v) is 6.27. The Hall–Kier alpha value is -3.02. The Morgan fingerprint density at radius 2 is 1.64 bits per heavy atom. The third-order valence-corrected chi connectivity index (χ3v) is 4.35. The molecular formula is C22H28N2O4. The Morgan fingerprint density at radius 3 is 2.25 bits per heavy atom. The lowest BCUT2D eigenvalue weighted by atomic mass is 10.1. The summed E-state index contributed by atoms with van der Waals surface area (Å²) in [6, 6.07) is 16.2. The Kier molecular flexibility index (Phi) is 8.34. The number of likely N-dealkylation sites (N-methyl/N-ethyl adjacent to an activating group) is 1. The summed E-state index contributed by atoms with van der Waals surface area (Å²) in [7, 11) is 1.55. The van der Waals surface area contributed by atoms with Crippen LogP contribution in [0.4, 0.5) is 0 Å². The smallest absolute Gasteiger partial charge is 0.261 e. The Labute approximate surface area is 166 Å². The van der Waals surface area contributed by atoms with Crippen LogP contribution in [0.5, 0.6) is 11.5 Å². The first-order valence-electron chi connectivity index (χ1n) is 9.47. The monoisotopic (exact) mass is 384 g/mol. The van der Waals surface area contributed by atoms with Crippen molar-refractivity contribution < 1.29 is 19.1 Å². The number of carbonyl (C=O) groups is 2. The normalized spacial score (nSPS) is 11.4. The van der Waals surface area contributed by atoms with Gasteiger partial charge in [-0.15, -0.1) is 0 Å². The van der Waals surface area contributed by atoms with Gasteiger partial charge in [0.15, 0.2) is 18.1 Å². The largest absolute Gasteiger partial charge is 0.493 e. The molecule has 0 aliphatic heterocycles. The van der Waals surface area contributed by atoms with E-state index in [1.54, 1.807) is 24.1 Å². The van der Waals surface area contributed by atoms with Crippen LogP contribution in [0.3, 0.4) is 0 Å². The molecule has 6 heteroatoms. The van der Waals surface area contributed by atoms with Gasteiger partial charge in [-0.25, -0.2) is 0 Å². The van der Waals surface area contributed by atoms with E-state index in [1.165, 1.54) is 0 Å². The van der Waals surface area contributed by atoms with E-state index in [0.717, 1.165) is 5.56 Å². The highest BCUT2D eigenvalue weighted by Crippen LogP contribution is 2.26. The highest BCUT2D eigenvalue weighted by molar-refractivity contribution is 5.88. The van der Waals surface area contributed by atoms with Gasteiger partial charge in [-0.3, -0.25) is 9.59 Å². The molecule has 0 saturated carbocycles. The summed E-state index contributed by atoms with van der Waals surface area (Å²) in [5, 5.41) is 2.82. The van der Waals surface area contributed by atoms with E-state index in [-0.39, 0.29) is 18.4 Å². The molecule has 2 amide bonds. The number of hydrogen-bond donors (Lipinski definition) is 1. The third-order valence-electron chi connectivity index (χ3n) is 4.35. The number of carbonyl (C=O) groups excluding carboxylic acids is 2. The lowest BCUT2D eigenvalue weighted by Gasteiger charge is -2.30. The Balaban J connectivity index is 2.18. The Morgan fingerprint density at radius 1 is 1.00 bits per heavy atom. The first kappa shape index (κ1) is 21.3. The van der Waals surface area contributed by atoms with Crippen LogP contribution in [-0.2, 0) is 16.1 Å². The first-order chi connectivity index (χ1) is 13.6. The number of para-hydroxylation sites is 2. The fourth-order valence-corrected chi connectivity index (χ4v) is 2.95. The van der Waals surface area contributed by atoms with Crippen molar-refractivity contribution >= 4 is 11.8 Å². The average molecular weight is 384 g/mol. The van der Waals surface area contributed by atoms with Gasteiger partial charge in [-0.05, 0) is 31.0 Å². The average Bonchev–Trinajstić information content (AvgIpc) is 2.73. The van der Waals surface area contributed by atoms with Gasteiger partial charge < -0.3 is 19.7 Å². The number of amides is 2. The number of nitrogens with zero attached hydrogens (tertiary/aromatic N) is 1. The number of methoxy groups -OCH3 is 1. The molecule has 0 aliphatic carbocycles. The van der Waals surface area contributed by atoms with Crippen LogP contribution >= 0.6 is 0 Å². The maximum absolute atomic E-state index is 13.0. The van der Waals surface area contributed by atoms with E-state index in [4.69, 9.17) is 9.47 Å². The zero-order valence-electron chi connectivity index (χ0n) is 16.7. The Bertz CT molecular complexity index is 764. The van der Waals surface area contributed by atoms with E-state index < -0.39 is 6.04 Å².